The van der Waals surface area contributed by atoms with Crippen molar-refractivity contribution in [3.05, 3.63) is 69.2 Å². The molecule has 0 atom stereocenters. The molecular weight excluding hydrogens is 462 g/mol. The Morgan fingerprint density at radius 3 is 2.71 bits per heavy atom. The molecule has 7 nitrogen and oxygen atoms in total. The van der Waals surface area contributed by atoms with Crippen LogP contribution in [-0.2, 0) is 4.74 Å². The Balaban J connectivity index is 1.69. The van der Waals surface area contributed by atoms with Gasteiger partial charge in [-0.1, -0.05) is 0 Å². The van der Waals surface area contributed by atoms with Gasteiger partial charge in [0.15, 0.2) is 5.78 Å². The Morgan fingerprint density at radius 1 is 1.13 bits per heavy atom. The van der Waals surface area contributed by atoms with Crippen LogP contribution in [0.1, 0.15) is 61.7 Å². The van der Waals surface area contributed by atoms with Gasteiger partial charge in [0, 0.05) is 16.9 Å². The number of pyridine rings is 2. The van der Waals surface area contributed by atoms with Crippen LogP contribution in [0.5, 0.6) is 0 Å². The van der Waals surface area contributed by atoms with E-state index in [9.17, 15) is 14.4 Å². The fourth-order valence-corrected chi connectivity index (χ4v) is 4.18. The number of carbonyl (C=O) groups excluding carboxylic acids is 3. The quantitative estimate of drug-likeness (QED) is 0.294. The molecule has 0 aliphatic heterocycles. The Hall–Kier alpha value is -2.84. The molecule has 0 saturated heterocycles. The number of esters is 1. The molecule has 3 heterocycles. The lowest BCUT2D eigenvalue weighted by Gasteiger charge is -2.14. The van der Waals surface area contributed by atoms with Crippen LogP contribution in [0, 0.1) is 0 Å². The highest BCUT2D eigenvalue weighted by atomic mass is 79.9. The van der Waals surface area contributed by atoms with Crippen LogP contribution in [0.15, 0.2) is 41.1 Å². The van der Waals surface area contributed by atoms with E-state index < -0.39 is 11.8 Å². The number of nitrogens with zero attached hydrogens (tertiary/aromatic N) is 3. The molecule has 31 heavy (non-hydrogen) atoms. The molecule has 3 aromatic heterocycles. The second-order valence-electron chi connectivity index (χ2n) is 7.76. The summed E-state index contributed by atoms with van der Waals surface area (Å²) in [5.41, 5.74) is 1.11. The van der Waals surface area contributed by atoms with Crippen LogP contribution in [0.2, 0.25) is 0 Å². The molecular formula is C23H22BrN3O4. The van der Waals surface area contributed by atoms with Crippen LogP contribution in [-0.4, -0.2) is 59.1 Å². The molecule has 160 valence electrons. The molecule has 0 amide bonds. The number of fused-ring (bicyclic) bond motifs is 4. The van der Waals surface area contributed by atoms with Gasteiger partial charge in [-0.05, 0) is 80.1 Å². The number of ketones is 2. The fourth-order valence-electron chi connectivity index (χ4n) is 3.84. The van der Waals surface area contributed by atoms with E-state index in [1.807, 2.05) is 14.1 Å². The number of hydrogen-bond acceptors (Lipinski definition) is 6. The Bertz CT molecular complexity index is 1200. The molecule has 0 saturated carbocycles. The van der Waals surface area contributed by atoms with Gasteiger partial charge in [-0.15, -0.1) is 0 Å². The van der Waals surface area contributed by atoms with E-state index >= 15 is 0 Å². The maximum absolute atomic E-state index is 13.3. The van der Waals surface area contributed by atoms with Gasteiger partial charge in [0.2, 0.25) is 5.78 Å². The van der Waals surface area contributed by atoms with E-state index in [1.165, 1.54) is 6.20 Å². The van der Waals surface area contributed by atoms with Crippen LogP contribution >= 0.6 is 15.9 Å². The monoisotopic (exact) mass is 483 g/mol. The lowest BCUT2D eigenvalue weighted by Crippen LogP contribution is -2.24. The highest BCUT2D eigenvalue weighted by Gasteiger charge is 2.39. The summed E-state index contributed by atoms with van der Waals surface area (Å²) in [6, 6.07) is 6.63. The van der Waals surface area contributed by atoms with Crippen molar-refractivity contribution in [2.45, 2.75) is 19.3 Å². The average Bonchev–Trinajstić information content (AvgIpc) is 3.09. The zero-order chi connectivity index (χ0) is 22.1. The Kier molecular flexibility index (Phi) is 6.02. The summed E-state index contributed by atoms with van der Waals surface area (Å²) in [6.07, 6.45) is 5.83. The zero-order valence-electron chi connectivity index (χ0n) is 17.4. The zero-order valence-corrected chi connectivity index (χ0v) is 18.9. The number of rotatable bonds is 7. The third kappa shape index (κ3) is 3.93. The first-order valence-corrected chi connectivity index (χ1v) is 10.9. The van der Waals surface area contributed by atoms with Gasteiger partial charge in [0.1, 0.15) is 11.4 Å². The first kappa shape index (κ1) is 21.4. The lowest BCUT2D eigenvalue weighted by molar-refractivity contribution is 0.0497. The van der Waals surface area contributed by atoms with Crippen molar-refractivity contribution in [1.29, 1.82) is 0 Å². The molecule has 0 N–H and O–H groups in total. The predicted molar refractivity (Wildman–Crippen MR) is 119 cm³/mol. The molecule has 8 heteroatoms. The van der Waals surface area contributed by atoms with Crippen molar-refractivity contribution >= 4 is 39.0 Å². The minimum absolute atomic E-state index is 0.0845. The van der Waals surface area contributed by atoms with E-state index in [2.05, 4.69) is 25.8 Å². The van der Waals surface area contributed by atoms with E-state index in [0.717, 1.165) is 25.8 Å². The van der Waals surface area contributed by atoms with Crippen molar-refractivity contribution in [3.63, 3.8) is 0 Å². The largest absolute Gasteiger partial charge is 0.462 e. The van der Waals surface area contributed by atoms with E-state index in [1.54, 1.807) is 34.9 Å². The number of carbonyl (C=O) groups is 3. The van der Waals surface area contributed by atoms with Crippen LogP contribution in [0.3, 0.4) is 0 Å². The molecule has 0 aromatic carbocycles. The van der Waals surface area contributed by atoms with Crippen molar-refractivity contribution in [2.24, 2.45) is 0 Å². The summed E-state index contributed by atoms with van der Waals surface area (Å²) >= 11 is 3.40. The highest BCUT2D eigenvalue weighted by molar-refractivity contribution is 9.10. The average molecular weight is 484 g/mol. The van der Waals surface area contributed by atoms with Gasteiger partial charge >= 0.3 is 5.97 Å². The molecule has 0 fully saturated rings. The first-order valence-electron chi connectivity index (χ1n) is 10.1. The van der Waals surface area contributed by atoms with Crippen LogP contribution in [0.4, 0.5) is 0 Å². The van der Waals surface area contributed by atoms with E-state index in [0.29, 0.717) is 9.99 Å². The number of ether oxygens (including phenoxy) is 1. The summed E-state index contributed by atoms with van der Waals surface area (Å²) in [5.74, 6) is -1.38. The Labute approximate surface area is 188 Å². The standard InChI is InChI=1S/C23H22BrN3O4/c1-26(2)11-4-3-5-12-31-23(30)17-16-9-8-14(24)13-27(16)20-18(17)21(28)15-7-6-10-25-19(15)22(20)29/h6-10,13H,3-5,11-12H2,1-2H3. The van der Waals surface area contributed by atoms with Crippen molar-refractivity contribution in [2.75, 3.05) is 27.2 Å². The fraction of sp³-hybridized carbons (Fsp3) is 0.304. The summed E-state index contributed by atoms with van der Waals surface area (Å²) in [7, 11) is 4.04. The van der Waals surface area contributed by atoms with Gasteiger partial charge in [-0.2, -0.15) is 0 Å². The molecule has 3 aromatic rings. The summed E-state index contributed by atoms with van der Waals surface area (Å²) in [6.45, 7) is 1.24. The van der Waals surface area contributed by atoms with E-state index in [4.69, 9.17) is 4.74 Å². The molecule has 1 aliphatic rings. The minimum atomic E-state index is -0.595. The van der Waals surface area contributed by atoms with Crippen molar-refractivity contribution in [1.82, 2.24) is 14.3 Å². The van der Waals surface area contributed by atoms with Gasteiger partial charge in [0.25, 0.3) is 0 Å². The second-order valence-corrected chi connectivity index (χ2v) is 8.67. The first-order chi connectivity index (χ1) is 14.9. The highest BCUT2D eigenvalue weighted by Crippen LogP contribution is 2.34. The van der Waals surface area contributed by atoms with Gasteiger partial charge in [0.05, 0.1) is 28.8 Å². The maximum atomic E-state index is 13.3. The predicted octanol–water partition coefficient (Wildman–Crippen LogP) is 3.76. The number of unbranched alkanes of at least 4 members (excludes halogenated alkanes) is 2. The molecule has 0 unspecified atom stereocenters. The van der Waals surface area contributed by atoms with Crippen molar-refractivity contribution < 1.29 is 19.1 Å². The molecule has 1 aliphatic carbocycles. The third-order valence-corrected chi connectivity index (χ3v) is 5.76. The number of hydrogen-bond donors (Lipinski definition) is 0. The van der Waals surface area contributed by atoms with Gasteiger partial charge in [-0.25, -0.2) is 4.79 Å². The summed E-state index contributed by atoms with van der Waals surface area (Å²) in [4.78, 5) is 45.7. The molecule has 0 radical (unpaired) electrons. The summed E-state index contributed by atoms with van der Waals surface area (Å²) in [5, 5.41) is 0. The lowest BCUT2D eigenvalue weighted by atomic mass is 9.89. The van der Waals surface area contributed by atoms with Crippen LogP contribution in [0.25, 0.3) is 5.52 Å². The summed E-state index contributed by atoms with van der Waals surface area (Å²) < 4.78 is 7.80. The minimum Gasteiger partial charge on any atom is -0.462 e. The van der Waals surface area contributed by atoms with Gasteiger partial charge in [-0.3, -0.25) is 14.6 Å². The Morgan fingerprint density at radius 2 is 1.94 bits per heavy atom. The molecule has 0 spiro atoms. The smallest absolute Gasteiger partial charge is 0.341 e. The molecule has 0 bridgehead atoms. The number of halogens is 1. The third-order valence-electron chi connectivity index (χ3n) is 5.29. The van der Waals surface area contributed by atoms with Gasteiger partial charge < -0.3 is 14.0 Å². The second kappa shape index (κ2) is 8.72. The normalized spacial score (nSPS) is 12.9. The van der Waals surface area contributed by atoms with E-state index in [-0.39, 0.29) is 40.5 Å². The SMILES string of the molecule is CN(C)CCCCCOC(=O)c1c2c(n3cc(Br)ccc13)C(=O)c1ncccc1C2=O. The maximum Gasteiger partial charge on any atom is 0.341 e. The molecule has 4 rings (SSSR count). The number of aromatic nitrogens is 2. The van der Waals surface area contributed by atoms with Crippen LogP contribution < -0.4 is 0 Å². The topological polar surface area (TPSA) is 81.0 Å². The van der Waals surface area contributed by atoms with Crippen molar-refractivity contribution in [3.8, 4) is 0 Å².